The minimum absolute atomic E-state index is 0.0258. The molecule has 1 aliphatic rings. The first-order valence-corrected chi connectivity index (χ1v) is 21.8. The monoisotopic (exact) mass is 869 g/mol. The minimum atomic E-state index is -2.74. The number of carbonyl (C=O) groups is 4. The van der Waals surface area contributed by atoms with Crippen molar-refractivity contribution in [3.8, 4) is 6.07 Å². The predicted octanol–water partition coefficient (Wildman–Crippen LogP) is 7.35. The van der Waals surface area contributed by atoms with E-state index >= 15 is 0 Å². The second-order valence-electron chi connectivity index (χ2n) is 14.1. The van der Waals surface area contributed by atoms with Gasteiger partial charge in [0.1, 0.15) is 12.3 Å². The lowest BCUT2D eigenvalue weighted by atomic mass is 9.88. The zero-order valence-corrected chi connectivity index (χ0v) is 35.3. The van der Waals surface area contributed by atoms with Gasteiger partial charge in [-0.25, -0.2) is 4.79 Å². The zero-order valence-electron chi connectivity index (χ0n) is 32.2. The standard InChI is InChI=1S/C36H37Cl2N3O2S2.C6H8O7/c1-40(36(42)34-30-10-5-4-8-26(30)20-28(22-39)35(34)44-2)23-27(25-12-13-31(37)32(38)21-25)16-19-41-17-14-24(15-18-41)29-9-6-7-11-33(29)45(3)43;7-3(8)1-6(13,5(11)12)2-4(9)10/h4-13,20-21,24,27H,14-19,23H2,1-3H3;13H,1-2H2,(H,7,8)(H,9,10)(H,11,12)/t27-,45+;/m1./s1. The highest BCUT2D eigenvalue weighted by Gasteiger charge is 2.41. The number of amides is 1. The summed E-state index contributed by atoms with van der Waals surface area (Å²) in [4.78, 5) is 50.6. The molecule has 1 fully saturated rings. The van der Waals surface area contributed by atoms with E-state index < -0.39 is 47.5 Å². The Labute approximate surface area is 354 Å². The summed E-state index contributed by atoms with van der Waals surface area (Å²) >= 11 is 13.2. The molecule has 1 heterocycles. The average Bonchev–Trinajstić information content (AvgIpc) is 3.19. The van der Waals surface area contributed by atoms with Crippen molar-refractivity contribution in [2.75, 3.05) is 45.7 Å². The van der Waals surface area contributed by atoms with Crippen LogP contribution in [0.3, 0.4) is 0 Å². The van der Waals surface area contributed by atoms with Gasteiger partial charge in [0.25, 0.3) is 5.91 Å². The van der Waals surface area contributed by atoms with E-state index in [9.17, 15) is 29.0 Å². The second kappa shape index (κ2) is 21.1. The highest BCUT2D eigenvalue weighted by Crippen LogP contribution is 2.36. The van der Waals surface area contributed by atoms with Crippen LogP contribution >= 0.6 is 35.0 Å². The summed E-state index contributed by atoms with van der Waals surface area (Å²) in [5.74, 6) is -4.70. The molecular weight excluding hydrogens is 826 g/mol. The lowest BCUT2D eigenvalue weighted by Gasteiger charge is -2.34. The first kappa shape index (κ1) is 46.4. The number of carbonyl (C=O) groups excluding carboxylic acids is 1. The molecule has 58 heavy (non-hydrogen) atoms. The molecule has 0 spiro atoms. The van der Waals surface area contributed by atoms with Gasteiger partial charge in [0, 0.05) is 30.0 Å². The van der Waals surface area contributed by atoms with Crippen molar-refractivity contribution in [3.63, 3.8) is 0 Å². The van der Waals surface area contributed by atoms with Gasteiger partial charge < -0.3 is 34.8 Å². The number of likely N-dealkylation sites (N-methyl/N-ethyl adjacent to an activating group) is 1. The smallest absolute Gasteiger partial charge is 0.336 e. The zero-order chi connectivity index (χ0) is 42.7. The summed E-state index contributed by atoms with van der Waals surface area (Å²) < 4.78 is 12.3. The van der Waals surface area contributed by atoms with Crippen LogP contribution < -0.4 is 0 Å². The highest BCUT2D eigenvalue weighted by molar-refractivity contribution is 7.98. The molecule has 0 aliphatic carbocycles. The van der Waals surface area contributed by atoms with Crippen LogP contribution in [-0.4, -0.2) is 110 Å². The van der Waals surface area contributed by atoms with Gasteiger partial charge >= 0.3 is 17.9 Å². The van der Waals surface area contributed by atoms with Crippen molar-refractivity contribution in [1.82, 2.24) is 9.80 Å². The normalized spacial score (nSPS) is 14.4. The molecule has 0 bridgehead atoms. The third kappa shape index (κ3) is 11.9. The number of hydrogen-bond acceptors (Lipinski definition) is 9. The Morgan fingerprint density at radius 3 is 2.17 bits per heavy atom. The Kier molecular flexibility index (Phi) is 16.9. The van der Waals surface area contributed by atoms with Crippen LogP contribution in [0.5, 0.6) is 0 Å². The molecule has 0 aromatic heterocycles. The summed E-state index contributed by atoms with van der Waals surface area (Å²) in [6, 6.07) is 25.8. The third-order valence-corrected chi connectivity index (χ3v) is 12.7. The Balaban J connectivity index is 0.000000492. The van der Waals surface area contributed by atoms with Gasteiger partial charge in [-0.3, -0.25) is 14.4 Å². The Hall–Kier alpha value is -4.33. The molecule has 308 valence electrons. The van der Waals surface area contributed by atoms with Gasteiger partial charge in [-0.05, 0) is 103 Å². The van der Waals surface area contributed by atoms with Crippen molar-refractivity contribution in [3.05, 3.63) is 105 Å². The number of nitriles is 1. The number of aliphatic hydroxyl groups is 1. The molecule has 16 heteroatoms. The number of halogens is 2. The Bertz CT molecular complexity index is 2160. The third-order valence-electron chi connectivity index (χ3n) is 10.1. The van der Waals surface area contributed by atoms with Gasteiger partial charge in [0.05, 0.1) is 34.0 Å². The number of nitrogens with zero attached hydrogens (tertiary/aromatic N) is 3. The van der Waals surface area contributed by atoms with Gasteiger partial charge in [0.2, 0.25) is 0 Å². The van der Waals surface area contributed by atoms with E-state index in [-0.39, 0.29) is 11.8 Å². The van der Waals surface area contributed by atoms with Crippen molar-refractivity contribution in [2.45, 2.75) is 59.3 Å². The van der Waals surface area contributed by atoms with Crippen LogP contribution in [0.15, 0.2) is 82.6 Å². The first-order valence-electron chi connectivity index (χ1n) is 18.2. The van der Waals surface area contributed by atoms with E-state index in [1.807, 2.05) is 80.0 Å². The molecule has 4 N–H and O–H groups in total. The van der Waals surface area contributed by atoms with E-state index in [1.165, 1.54) is 17.3 Å². The van der Waals surface area contributed by atoms with E-state index in [1.54, 1.807) is 11.2 Å². The molecular formula is C42H45Cl2N3O9S2. The first-order chi connectivity index (χ1) is 27.5. The fraction of sp³-hybridized carbons (Fsp3) is 0.357. The number of thioether (sulfide) groups is 1. The fourth-order valence-electron chi connectivity index (χ4n) is 7.17. The topological polar surface area (TPSA) is 203 Å². The van der Waals surface area contributed by atoms with E-state index in [0.29, 0.717) is 38.5 Å². The van der Waals surface area contributed by atoms with Crippen molar-refractivity contribution < 1.29 is 44.2 Å². The summed E-state index contributed by atoms with van der Waals surface area (Å²) in [7, 11) is 1.84. The van der Waals surface area contributed by atoms with Gasteiger partial charge in [-0.2, -0.15) is 5.26 Å². The Morgan fingerprint density at radius 1 is 0.983 bits per heavy atom. The summed E-state index contributed by atoms with van der Waals surface area (Å²) in [5, 5.41) is 46.4. The molecule has 0 saturated carbocycles. The van der Waals surface area contributed by atoms with Gasteiger partial charge in [0.15, 0.2) is 10.5 Å². The number of likely N-dealkylation sites (tertiary alicyclic amines) is 1. The number of benzene rings is 4. The van der Waals surface area contributed by atoms with Crippen LogP contribution in [0.25, 0.3) is 10.8 Å². The van der Waals surface area contributed by atoms with Crippen LogP contribution in [0.2, 0.25) is 10.0 Å². The van der Waals surface area contributed by atoms with Crippen LogP contribution in [-0.2, 0) is 25.6 Å². The second-order valence-corrected chi connectivity index (χ2v) is 17.1. The molecule has 2 atom stereocenters. The lowest BCUT2D eigenvalue weighted by Crippen LogP contribution is -2.42. The number of fused-ring (bicyclic) bond motifs is 1. The van der Waals surface area contributed by atoms with Crippen molar-refractivity contribution in [1.29, 1.82) is 5.26 Å². The fourth-order valence-corrected chi connectivity index (χ4v) is 9.04. The molecule has 0 unspecified atom stereocenters. The van der Waals surface area contributed by atoms with Crippen molar-refractivity contribution in [2.24, 2.45) is 0 Å². The number of carboxylic acids is 3. The quantitative estimate of drug-likeness (QED) is 0.0684. The lowest BCUT2D eigenvalue weighted by molar-refractivity contribution is -0.170. The largest absolute Gasteiger partial charge is 0.612 e. The molecule has 4 aromatic rings. The average molecular weight is 871 g/mol. The number of aliphatic carboxylic acids is 3. The minimum Gasteiger partial charge on any atom is -0.612 e. The molecule has 12 nitrogen and oxygen atoms in total. The Morgan fingerprint density at radius 2 is 1.60 bits per heavy atom. The number of piperidine rings is 1. The van der Waals surface area contributed by atoms with E-state index in [4.69, 9.17) is 43.6 Å². The molecule has 4 aromatic carbocycles. The van der Waals surface area contributed by atoms with Crippen LogP contribution in [0.4, 0.5) is 0 Å². The van der Waals surface area contributed by atoms with Crippen molar-refractivity contribution >= 4 is 80.7 Å². The highest BCUT2D eigenvalue weighted by atomic mass is 35.5. The van der Waals surface area contributed by atoms with Crippen LogP contribution in [0, 0.1) is 11.3 Å². The molecule has 0 radical (unpaired) electrons. The summed E-state index contributed by atoms with van der Waals surface area (Å²) in [5.41, 5.74) is 0.596. The van der Waals surface area contributed by atoms with Gasteiger partial charge in [-0.15, -0.1) is 11.8 Å². The maximum Gasteiger partial charge on any atom is 0.336 e. The number of hydrogen-bond donors (Lipinski definition) is 4. The van der Waals surface area contributed by atoms with Crippen LogP contribution in [0.1, 0.15) is 71.0 Å². The van der Waals surface area contributed by atoms with E-state index in [2.05, 4.69) is 17.0 Å². The SMILES string of the molecule is CSc1c(C#N)cc2ccccc2c1C(=O)N(C)C[C@@H](CCN1CCC(c2ccccc2[S@+](C)[O-])CC1)c1ccc(Cl)c(Cl)c1.O=C(O)CC(O)(CC(=O)O)C(=O)O. The molecule has 1 amide bonds. The summed E-state index contributed by atoms with van der Waals surface area (Å²) in [6.07, 6.45) is 4.24. The maximum atomic E-state index is 14.2. The summed E-state index contributed by atoms with van der Waals surface area (Å²) in [6.45, 7) is 3.29. The van der Waals surface area contributed by atoms with E-state index in [0.717, 1.165) is 60.1 Å². The molecule has 1 aliphatic heterocycles. The van der Waals surface area contributed by atoms with Gasteiger partial charge in [-0.1, -0.05) is 71.7 Å². The molecule has 1 saturated heterocycles. The number of rotatable bonds is 15. The number of carboxylic acid groups (broad SMARTS) is 3. The molecule has 5 rings (SSSR count). The maximum absolute atomic E-state index is 14.2. The predicted molar refractivity (Wildman–Crippen MR) is 226 cm³/mol.